The lowest BCUT2D eigenvalue weighted by Crippen LogP contribution is -1.87. The molecule has 1 aromatic carbocycles. The van der Waals surface area contributed by atoms with Crippen molar-refractivity contribution in [2.24, 2.45) is 4.99 Å². The van der Waals surface area contributed by atoms with Crippen LogP contribution in [0.2, 0.25) is 0 Å². The van der Waals surface area contributed by atoms with Gasteiger partial charge in [0.05, 0.1) is 0 Å². The van der Waals surface area contributed by atoms with E-state index in [2.05, 4.69) is 20.9 Å². The SMILES string of the molecule is CCSC1=N/C(=C/c2ccc(-c3ccc(Br)cc3)o2)C(=O)S1. The highest BCUT2D eigenvalue weighted by Gasteiger charge is 2.22. The molecule has 6 heteroatoms. The zero-order chi connectivity index (χ0) is 15.5. The monoisotopic (exact) mass is 393 g/mol. The Bertz CT molecular complexity index is 763. The van der Waals surface area contributed by atoms with Crippen LogP contribution in [0, 0.1) is 0 Å². The largest absolute Gasteiger partial charge is 0.457 e. The molecule has 0 spiro atoms. The third-order valence-corrected chi connectivity index (χ3v) is 5.32. The molecule has 0 saturated heterocycles. The minimum absolute atomic E-state index is 0.0301. The molecule has 112 valence electrons. The Hall–Kier alpha value is -1.24. The van der Waals surface area contributed by atoms with Gasteiger partial charge < -0.3 is 4.42 Å². The molecule has 1 aliphatic rings. The Labute approximate surface area is 145 Å². The molecular weight excluding hydrogens is 382 g/mol. The number of thioether (sulfide) groups is 2. The summed E-state index contributed by atoms with van der Waals surface area (Å²) in [6, 6.07) is 11.6. The van der Waals surface area contributed by atoms with Crippen LogP contribution in [0.3, 0.4) is 0 Å². The van der Waals surface area contributed by atoms with Crippen LogP contribution in [0.4, 0.5) is 0 Å². The molecule has 2 heterocycles. The van der Waals surface area contributed by atoms with Crippen molar-refractivity contribution in [1.29, 1.82) is 0 Å². The van der Waals surface area contributed by atoms with E-state index in [1.807, 2.05) is 43.3 Å². The minimum Gasteiger partial charge on any atom is -0.457 e. The van der Waals surface area contributed by atoms with E-state index < -0.39 is 0 Å². The summed E-state index contributed by atoms with van der Waals surface area (Å²) in [5.74, 6) is 2.30. The number of carbonyl (C=O) groups is 1. The summed E-state index contributed by atoms with van der Waals surface area (Å²) in [6.45, 7) is 2.04. The second-order valence-electron chi connectivity index (χ2n) is 4.44. The van der Waals surface area contributed by atoms with Crippen LogP contribution in [-0.4, -0.2) is 15.2 Å². The fraction of sp³-hybridized carbons (Fsp3) is 0.125. The maximum Gasteiger partial charge on any atom is 0.244 e. The molecule has 3 rings (SSSR count). The molecule has 1 aliphatic heterocycles. The highest BCUT2D eigenvalue weighted by Crippen LogP contribution is 2.32. The third-order valence-electron chi connectivity index (χ3n) is 2.90. The maximum absolute atomic E-state index is 11.9. The molecule has 0 bridgehead atoms. The van der Waals surface area contributed by atoms with E-state index in [0.717, 1.165) is 25.9 Å². The van der Waals surface area contributed by atoms with Crippen molar-refractivity contribution in [2.45, 2.75) is 6.92 Å². The first kappa shape index (κ1) is 15.6. The van der Waals surface area contributed by atoms with Crippen molar-refractivity contribution in [1.82, 2.24) is 0 Å². The smallest absolute Gasteiger partial charge is 0.244 e. The highest BCUT2D eigenvalue weighted by atomic mass is 79.9. The summed E-state index contributed by atoms with van der Waals surface area (Å²) >= 11 is 6.17. The number of furan rings is 1. The third kappa shape index (κ3) is 3.56. The quantitative estimate of drug-likeness (QED) is 0.651. The second kappa shape index (κ2) is 6.89. The number of aliphatic imine (C=N–C) groups is 1. The van der Waals surface area contributed by atoms with Crippen LogP contribution in [0.1, 0.15) is 12.7 Å². The van der Waals surface area contributed by atoms with Crippen molar-refractivity contribution in [2.75, 3.05) is 5.75 Å². The summed E-state index contributed by atoms with van der Waals surface area (Å²) < 4.78 is 7.61. The number of hydrogen-bond donors (Lipinski definition) is 0. The molecule has 1 aromatic heterocycles. The Balaban J connectivity index is 1.84. The van der Waals surface area contributed by atoms with E-state index in [-0.39, 0.29) is 5.12 Å². The van der Waals surface area contributed by atoms with Crippen molar-refractivity contribution >= 4 is 55.0 Å². The lowest BCUT2D eigenvalue weighted by Gasteiger charge is -1.96. The van der Waals surface area contributed by atoms with Crippen molar-refractivity contribution < 1.29 is 9.21 Å². The summed E-state index contributed by atoms with van der Waals surface area (Å²) in [5, 5.41) is -0.0301. The molecule has 0 N–H and O–H groups in total. The predicted octanol–water partition coefficient (Wildman–Crippen LogP) is 5.43. The summed E-state index contributed by atoms with van der Waals surface area (Å²) in [4.78, 5) is 16.2. The number of hydrogen-bond acceptors (Lipinski definition) is 5. The first-order valence-corrected chi connectivity index (χ1v) is 9.26. The normalized spacial score (nSPS) is 16.4. The van der Waals surface area contributed by atoms with Crippen LogP contribution in [0.5, 0.6) is 0 Å². The molecule has 3 nitrogen and oxygen atoms in total. The van der Waals surface area contributed by atoms with Gasteiger partial charge in [0.2, 0.25) is 5.12 Å². The first-order chi connectivity index (χ1) is 10.7. The Kier molecular flexibility index (Phi) is 4.90. The Morgan fingerprint density at radius 3 is 2.77 bits per heavy atom. The summed E-state index contributed by atoms with van der Waals surface area (Å²) in [7, 11) is 0. The topological polar surface area (TPSA) is 42.6 Å². The zero-order valence-corrected chi connectivity index (χ0v) is 14.9. The maximum atomic E-state index is 11.9. The molecule has 0 amide bonds. The van der Waals surface area contributed by atoms with Gasteiger partial charge in [0, 0.05) is 16.1 Å². The van der Waals surface area contributed by atoms with Gasteiger partial charge in [-0.2, -0.15) is 0 Å². The number of nitrogens with zero attached hydrogens (tertiary/aromatic N) is 1. The van der Waals surface area contributed by atoms with E-state index in [9.17, 15) is 4.79 Å². The second-order valence-corrected chi connectivity index (χ2v) is 7.83. The minimum atomic E-state index is -0.0301. The van der Waals surface area contributed by atoms with Gasteiger partial charge in [-0.25, -0.2) is 4.99 Å². The van der Waals surface area contributed by atoms with Gasteiger partial charge in [0.1, 0.15) is 21.6 Å². The standard InChI is InChI=1S/C16H12BrNO2S2/c1-2-21-16-18-13(15(19)22-16)9-12-7-8-14(20-12)10-3-5-11(17)6-4-10/h3-9H,2H2,1H3/b13-9+. The molecule has 22 heavy (non-hydrogen) atoms. The van der Waals surface area contributed by atoms with Crippen molar-refractivity contribution in [3.8, 4) is 11.3 Å². The fourth-order valence-corrected chi connectivity index (χ4v) is 3.91. The lowest BCUT2D eigenvalue weighted by atomic mass is 10.2. The van der Waals surface area contributed by atoms with Gasteiger partial charge in [-0.3, -0.25) is 4.79 Å². The van der Waals surface area contributed by atoms with Crippen LogP contribution in [0.15, 0.2) is 56.0 Å². The first-order valence-electron chi connectivity index (χ1n) is 6.67. The number of rotatable bonds is 3. The van der Waals surface area contributed by atoms with E-state index in [1.54, 1.807) is 17.8 Å². The average Bonchev–Trinajstić information content (AvgIpc) is 3.08. The predicted molar refractivity (Wildman–Crippen MR) is 98.0 cm³/mol. The van der Waals surface area contributed by atoms with Crippen LogP contribution < -0.4 is 0 Å². The van der Waals surface area contributed by atoms with E-state index in [1.165, 1.54) is 11.8 Å². The number of carbonyl (C=O) groups excluding carboxylic acids is 1. The van der Waals surface area contributed by atoms with Gasteiger partial charge in [-0.05, 0) is 41.8 Å². The summed E-state index contributed by atoms with van der Waals surface area (Å²) in [6.07, 6.45) is 1.70. The number of halogens is 1. The van der Waals surface area contributed by atoms with Gasteiger partial charge in [0.15, 0.2) is 0 Å². The molecule has 0 fully saturated rings. The van der Waals surface area contributed by atoms with E-state index in [0.29, 0.717) is 11.5 Å². The Morgan fingerprint density at radius 1 is 1.27 bits per heavy atom. The van der Waals surface area contributed by atoms with Gasteiger partial charge in [-0.15, -0.1) is 0 Å². The average molecular weight is 394 g/mol. The van der Waals surface area contributed by atoms with E-state index in [4.69, 9.17) is 4.42 Å². The molecule has 0 atom stereocenters. The van der Waals surface area contributed by atoms with Crippen LogP contribution >= 0.6 is 39.5 Å². The van der Waals surface area contributed by atoms with Crippen molar-refractivity contribution in [3.05, 3.63) is 52.3 Å². The van der Waals surface area contributed by atoms with Gasteiger partial charge in [-0.1, -0.05) is 46.7 Å². The molecule has 0 unspecified atom stereocenters. The lowest BCUT2D eigenvalue weighted by molar-refractivity contribution is -0.107. The van der Waals surface area contributed by atoms with Crippen molar-refractivity contribution in [3.63, 3.8) is 0 Å². The Morgan fingerprint density at radius 2 is 2.05 bits per heavy atom. The molecule has 0 aliphatic carbocycles. The van der Waals surface area contributed by atoms with Crippen LogP contribution in [-0.2, 0) is 4.79 Å². The zero-order valence-electron chi connectivity index (χ0n) is 11.7. The fourth-order valence-electron chi connectivity index (χ4n) is 1.91. The van der Waals surface area contributed by atoms with E-state index >= 15 is 0 Å². The van der Waals surface area contributed by atoms with Crippen LogP contribution in [0.25, 0.3) is 17.4 Å². The summed E-state index contributed by atoms with van der Waals surface area (Å²) in [5.41, 5.74) is 1.43. The van der Waals surface area contributed by atoms with Gasteiger partial charge in [0.25, 0.3) is 0 Å². The molecule has 2 aromatic rings. The number of benzene rings is 1. The molecule has 0 saturated carbocycles. The molecular formula is C16H12BrNO2S2. The van der Waals surface area contributed by atoms with Gasteiger partial charge >= 0.3 is 0 Å². The highest BCUT2D eigenvalue weighted by molar-refractivity contribution is 9.10. The molecule has 0 radical (unpaired) electrons.